The van der Waals surface area contributed by atoms with Crippen molar-refractivity contribution in [1.29, 1.82) is 0 Å². The molecule has 0 bridgehead atoms. The van der Waals surface area contributed by atoms with Crippen LogP contribution in [-0.2, 0) is 9.53 Å². The molecule has 1 fully saturated rings. The molecule has 1 aromatic rings. The average Bonchev–Trinajstić information content (AvgIpc) is 2.40. The zero-order valence-corrected chi connectivity index (χ0v) is 10.8. The lowest BCUT2D eigenvalue weighted by Gasteiger charge is -2.29. The zero-order chi connectivity index (χ0) is 13.0. The molecule has 3 nitrogen and oxygen atoms in total. The van der Waals surface area contributed by atoms with Crippen LogP contribution in [0.5, 0.6) is 0 Å². The lowest BCUT2D eigenvalue weighted by atomic mass is 9.83. The summed E-state index contributed by atoms with van der Waals surface area (Å²) >= 11 is 0. The van der Waals surface area contributed by atoms with Gasteiger partial charge in [-0.05, 0) is 44.1 Å². The summed E-state index contributed by atoms with van der Waals surface area (Å²) < 4.78 is 5.37. The Morgan fingerprint density at radius 2 is 1.83 bits per heavy atom. The van der Waals surface area contributed by atoms with Crippen LogP contribution in [-0.4, -0.2) is 18.1 Å². The van der Waals surface area contributed by atoms with E-state index < -0.39 is 6.04 Å². The predicted molar refractivity (Wildman–Crippen MR) is 71.2 cm³/mol. The van der Waals surface area contributed by atoms with Crippen LogP contribution in [0, 0.1) is 0 Å². The van der Waals surface area contributed by atoms with E-state index in [9.17, 15) is 4.79 Å². The van der Waals surface area contributed by atoms with E-state index in [1.54, 1.807) is 6.92 Å². The molecule has 98 valence electrons. The van der Waals surface area contributed by atoms with Crippen LogP contribution in [0.25, 0.3) is 0 Å². The molecule has 1 aliphatic rings. The molecule has 18 heavy (non-hydrogen) atoms. The van der Waals surface area contributed by atoms with Gasteiger partial charge in [-0.1, -0.05) is 30.3 Å². The van der Waals surface area contributed by atoms with Gasteiger partial charge in [0.1, 0.15) is 12.1 Å². The third-order valence-electron chi connectivity index (χ3n) is 3.60. The largest absolute Gasteiger partial charge is 0.461 e. The molecule has 1 aliphatic carbocycles. The van der Waals surface area contributed by atoms with Gasteiger partial charge in [0.2, 0.25) is 0 Å². The van der Waals surface area contributed by atoms with Gasteiger partial charge >= 0.3 is 5.97 Å². The maximum absolute atomic E-state index is 11.4. The highest BCUT2D eigenvalue weighted by Crippen LogP contribution is 2.33. The Morgan fingerprint density at radius 3 is 2.39 bits per heavy atom. The van der Waals surface area contributed by atoms with Crippen molar-refractivity contribution < 1.29 is 9.53 Å². The monoisotopic (exact) mass is 247 g/mol. The molecule has 0 unspecified atom stereocenters. The summed E-state index contributed by atoms with van der Waals surface area (Å²) in [6.45, 7) is 1.66. The van der Waals surface area contributed by atoms with Gasteiger partial charge in [-0.25, -0.2) is 0 Å². The quantitative estimate of drug-likeness (QED) is 0.835. The Morgan fingerprint density at radius 1 is 1.22 bits per heavy atom. The molecule has 1 aromatic carbocycles. The zero-order valence-electron chi connectivity index (χ0n) is 10.8. The first kappa shape index (κ1) is 13.1. The van der Waals surface area contributed by atoms with Crippen molar-refractivity contribution in [3.8, 4) is 0 Å². The number of carbonyl (C=O) groups is 1. The first-order valence-electron chi connectivity index (χ1n) is 6.68. The highest BCUT2D eigenvalue weighted by atomic mass is 16.5. The summed E-state index contributed by atoms with van der Waals surface area (Å²) in [5.74, 6) is 0.328. The highest BCUT2D eigenvalue weighted by molar-refractivity contribution is 5.75. The van der Waals surface area contributed by atoms with Gasteiger partial charge < -0.3 is 10.5 Å². The van der Waals surface area contributed by atoms with Gasteiger partial charge in [0.05, 0.1) is 0 Å². The van der Waals surface area contributed by atoms with Crippen molar-refractivity contribution in [2.24, 2.45) is 5.73 Å². The number of nitrogens with two attached hydrogens (primary N) is 1. The van der Waals surface area contributed by atoms with Crippen molar-refractivity contribution in [3.63, 3.8) is 0 Å². The minimum Gasteiger partial charge on any atom is -0.461 e. The normalized spacial score (nSPS) is 25.4. The summed E-state index contributed by atoms with van der Waals surface area (Å²) in [4.78, 5) is 11.4. The summed E-state index contributed by atoms with van der Waals surface area (Å²) in [6, 6.07) is 10.0. The minimum absolute atomic E-state index is 0.0588. The van der Waals surface area contributed by atoms with Crippen molar-refractivity contribution in [2.45, 2.75) is 50.7 Å². The van der Waals surface area contributed by atoms with Crippen molar-refractivity contribution in [3.05, 3.63) is 35.9 Å². The van der Waals surface area contributed by atoms with Gasteiger partial charge in [-0.3, -0.25) is 4.79 Å². The number of carbonyl (C=O) groups excluding carboxylic acids is 1. The predicted octanol–water partition coefficient (Wildman–Crippen LogP) is 2.60. The Labute approximate surface area is 108 Å². The Kier molecular flexibility index (Phi) is 4.37. The molecule has 0 radical (unpaired) electrons. The molecule has 0 heterocycles. The number of benzene rings is 1. The van der Waals surface area contributed by atoms with E-state index in [0.717, 1.165) is 25.7 Å². The summed E-state index contributed by atoms with van der Waals surface area (Å²) in [6.07, 6.45) is 4.11. The molecule has 0 amide bonds. The number of ether oxygens (including phenoxy) is 1. The fraction of sp³-hybridized carbons (Fsp3) is 0.533. The molecule has 0 spiro atoms. The lowest BCUT2D eigenvalue weighted by Crippen LogP contribution is -2.33. The second-order valence-electron chi connectivity index (χ2n) is 5.11. The standard InChI is InChI=1S/C15H21NO2/c1-11(16)15(17)18-14-9-7-13(8-10-14)12-5-3-2-4-6-12/h2-6,11,13-14H,7-10,16H2,1H3/t11-,13-,14-/m0/s1. The summed E-state index contributed by atoms with van der Waals surface area (Å²) in [7, 11) is 0. The van der Waals surface area contributed by atoms with Crippen LogP contribution >= 0.6 is 0 Å². The van der Waals surface area contributed by atoms with Crippen LogP contribution in [0.3, 0.4) is 0 Å². The molecule has 0 aromatic heterocycles. The topological polar surface area (TPSA) is 52.3 Å². The fourth-order valence-electron chi connectivity index (χ4n) is 2.51. The molecular formula is C15H21NO2. The molecule has 0 saturated heterocycles. The van der Waals surface area contributed by atoms with E-state index in [2.05, 4.69) is 24.3 Å². The smallest absolute Gasteiger partial charge is 0.322 e. The molecule has 1 atom stereocenters. The molecule has 1 saturated carbocycles. The third-order valence-corrected chi connectivity index (χ3v) is 3.60. The summed E-state index contributed by atoms with van der Waals surface area (Å²) in [5.41, 5.74) is 6.89. The second kappa shape index (κ2) is 6.01. The van der Waals surface area contributed by atoms with Gasteiger partial charge in [-0.2, -0.15) is 0 Å². The Balaban J connectivity index is 1.83. The minimum atomic E-state index is -0.517. The first-order valence-corrected chi connectivity index (χ1v) is 6.68. The lowest BCUT2D eigenvalue weighted by molar-refractivity contribution is -0.151. The maximum atomic E-state index is 11.4. The molecule has 0 aliphatic heterocycles. The Hall–Kier alpha value is -1.35. The van der Waals surface area contributed by atoms with Crippen LogP contribution in [0.4, 0.5) is 0 Å². The number of hydrogen-bond donors (Lipinski definition) is 1. The fourth-order valence-corrected chi connectivity index (χ4v) is 2.51. The van der Waals surface area contributed by atoms with Crippen molar-refractivity contribution >= 4 is 5.97 Å². The molecule has 2 rings (SSSR count). The van der Waals surface area contributed by atoms with Crippen LogP contribution in [0.15, 0.2) is 30.3 Å². The maximum Gasteiger partial charge on any atom is 0.322 e. The summed E-state index contributed by atoms with van der Waals surface area (Å²) in [5, 5.41) is 0. The van der Waals surface area contributed by atoms with Crippen LogP contribution in [0.2, 0.25) is 0 Å². The Bertz CT molecular complexity index is 381. The van der Waals surface area contributed by atoms with Gasteiger partial charge in [0.25, 0.3) is 0 Å². The average molecular weight is 247 g/mol. The van der Waals surface area contributed by atoms with E-state index >= 15 is 0 Å². The third kappa shape index (κ3) is 3.33. The molecular weight excluding hydrogens is 226 g/mol. The van der Waals surface area contributed by atoms with Gasteiger partial charge in [0.15, 0.2) is 0 Å². The van der Waals surface area contributed by atoms with Crippen LogP contribution in [0.1, 0.15) is 44.1 Å². The molecule has 2 N–H and O–H groups in total. The van der Waals surface area contributed by atoms with E-state index in [1.807, 2.05) is 6.07 Å². The number of esters is 1. The van der Waals surface area contributed by atoms with Gasteiger partial charge in [-0.15, -0.1) is 0 Å². The second-order valence-corrected chi connectivity index (χ2v) is 5.11. The van der Waals surface area contributed by atoms with E-state index in [4.69, 9.17) is 10.5 Å². The van der Waals surface area contributed by atoms with E-state index in [1.165, 1.54) is 5.56 Å². The van der Waals surface area contributed by atoms with E-state index in [0.29, 0.717) is 5.92 Å². The first-order chi connectivity index (χ1) is 8.66. The van der Waals surface area contributed by atoms with Crippen LogP contribution < -0.4 is 5.73 Å². The van der Waals surface area contributed by atoms with Crippen molar-refractivity contribution in [2.75, 3.05) is 0 Å². The molecule has 3 heteroatoms. The SMILES string of the molecule is C[C@H](N)C(=O)O[C@H]1CC[C@H](c2ccccc2)CC1. The van der Waals surface area contributed by atoms with Crippen molar-refractivity contribution in [1.82, 2.24) is 0 Å². The van der Waals surface area contributed by atoms with E-state index in [-0.39, 0.29) is 12.1 Å². The number of hydrogen-bond acceptors (Lipinski definition) is 3. The number of rotatable bonds is 3. The van der Waals surface area contributed by atoms with Gasteiger partial charge in [0, 0.05) is 0 Å². The highest BCUT2D eigenvalue weighted by Gasteiger charge is 2.25.